The van der Waals surface area contributed by atoms with Crippen LogP contribution < -0.4 is 11.1 Å². The summed E-state index contributed by atoms with van der Waals surface area (Å²) in [6, 6.07) is 4.30. The molecule has 0 spiro atoms. The van der Waals surface area contributed by atoms with Gasteiger partial charge in [0.05, 0.1) is 6.10 Å². The number of hydrogen-bond donors (Lipinski definition) is 2. The van der Waals surface area contributed by atoms with E-state index in [2.05, 4.69) is 27.7 Å². The Kier molecular flexibility index (Phi) is 6.05. The summed E-state index contributed by atoms with van der Waals surface area (Å²) in [7, 11) is 0. The maximum atomic E-state index is 12.2. The molecule has 3 rings (SSSR count). The fourth-order valence-corrected chi connectivity index (χ4v) is 4.26. The smallest absolute Gasteiger partial charge is 0.249 e. The number of nitrogens with two attached hydrogens (primary N) is 1. The van der Waals surface area contributed by atoms with E-state index in [1.54, 1.807) is 0 Å². The molecule has 0 radical (unpaired) electrons. The summed E-state index contributed by atoms with van der Waals surface area (Å²) < 4.78 is 5.66. The van der Waals surface area contributed by atoms with Gasteiger partial charge in [-0.1, -0.05) is 6.07 Å². The molecule has 1 aromatic rings. The maximum Gasteiger partial charge on any atom is 0.249 e. The SMILES string of the molecule is NC[C@H]1CC[C@@H](C(=O)NCC2CCCN(Cc3cccs3)C2)O1. The van der Waals surface area contributed by atoms with Gasteiger partial charge in [-0.2, -0.15) is 0 Å². The third-order valence-electron chi connectivity index (χ3n) is 4.79. The van der Waals surface area contributed by atoms with Crippen molar-refractivity contribution in [3.8, 4) is 0 Å². The molecule has 6 heteroatoms. The number of nitrogens with one attached hydrogen (secondary N) is 1. The van der Waals surface area contributed by atoms with E-state index in [-0.39, 0.29) is 18.1 Å². The van der Waals surface area contributed by atoms with Crippen LogP contribution >= 0.6 is 11.3 Å². The van der Waals surface area contributed by atoms with Crippen molar-refractivity contribution in [2.75, 3.05) is 26.2 Å². The topological polar surface area (TPSA) is 67.6 Å². The lowest BCUT2D eigenvalue weighted by Crippen LogP contribution is -2.43. The standard InChI is InChI=1S/C17H27N3O2S/c18-9-14-5-6-16(22-14)17(21)19-10-13-3-1-7-20(11-13)12-15-4-2-8-23-15/h2,4,8,13-14,16H,1,3,5-7,9-12,18H2,(H,19,21)/t13?,14-,16+/m1/s1. The summed E-state index contributed by atoms with van der Waals surface area (Å²) >= 11 is 1.82. The van der Waals surface area contributed by atoms with Crippen LogP contribution in [0.1, 0.15) is 30.6 Å². The summed E-state index contributed by atoms with van der Waals surface area (Å²) in [5.41, 5.74) is 5.60. The van der Waals surface area contributed by atoms with E-state index in [1.165, 1.54) is 17.7 Å². The lowest BCUT2D eigenvalue weighted by atomic mass is 9.98. The lowest BCUT2D eigenvalue weighted by Gasteiger charge is -2.32. The lowest BCUT2D eigenvalue weighted by molar-refractivity contribution is -0.132. The molecule has 2 saturated heterocycles. The van der Waals surface area contributed by atoms with Gasteiger partial charge in [0.1, 0.15) is 6.10 Å². The average Bonchev–Trinajstić information content (AvgIpc) is 3.24. The third kappa shape index (κ3) is 4.76. The first-order valence-corrected chi connectivity index (χ1v) is 9.50. The second-order valence-corrected chi connectivity index (χ2v) is 7.66. The molecule has 0 aliphatic carbocycles. The number of piperidine rings is 1. The Morgan fingerprint density at radius 1 is 1.43 bits per heavy atom. The van der Waals surface area contributed by atoms with Crippen molar-refractivity contribution in [2.24, 2.45) is 11.7 Å². The molecule has 0 saturated carbocycles. The summed E-state index contributed by atoms with van der Waals surface area (Å²) in [5.74, 6) is 0.579. The van der Waals surface area contributed by atoms with Crippen molar-refractivity contribution >= 4 is 17.2 Å². The van der Waals surface area contributed by atoms with Crippen LogP contribution in [0.2, 0.25) is 0 Å². The summed E-state index contributed by atoms with van der Waals surface area (Å²) in [5, 5.41) is 5.22. The number of nitrogens with zero attached hydrogens (tertiary/aromatic N) is 1. The Hall–Kier alpha value is -0.950. The molecule has 23 heavy (non-hydrogen) atoms. The average molecular weight is 337 g/mol. The van der Waals surface area contributed by atoms with Gasteiger partial charge >= 0.3 is 0 Å². The zero-order valence-corrected chi connectivity index (χ0v) is 14.4. The Morgan fingerprint density at radius 2 is 2.35 bits per heavy atom. The molecular formula is C17H27N3O2S. The minimum Gasteiger partial charge on any atom is -0.364 e. The minimum atomic E-state index is -0.297. The summed E-state index contributed by atoms with van der Waals surface area (Å²) in [6.45, 7) is 4.52. The van der Waals surface area contributed by atoms with Gasteiger partial charge in [-0.05, 0) is 49.6 Å². The van der Waals surface area contributed by atoms with Gasteiger partial charge < -0.3 is 15.8 Å². The number of ether oxygens (including phenoxy) is 1. The molecule has 3 atom stereocenters. The van der Waals surface area contributed by atoms with Crippen molar-refractivity contribution < 1.29 is 9.53 Å². The second-order valence-electron chi connectivity index (χ2n) is 6.63. The van der Waals surface area contributed by atoms with Gasteiger partial charge in [-0.25, -0.2) is 0 Å². The van der Waals surface area contributed by atoms with Crippen LogP contribution in [-0.4, -0.2) is 49.2 Å². The Bertz CT molecular complexity index is 494. The fourth-order valence-electron chi connectivity index (χ4n) is 3.52. The molecule has 0 bridgehead atoms. The normalized spacial score (nSPS) is 28.8. The molecule has 0 aromatic carbocycles. The molecule has 2 fully saturated rings. The zero-order valence-electron chi connectivity index (χ0n) is 13.6. The molecule has 2 aliphatic heterocycles. The van der Waals surface area contributed by atoms with E-state index in [0.29, 0.717) is 12.5 Å². The first-order chi connectivity index (χ1) is 11.2. The third-order valence-corrected chi connectivity index (χ3v) is 5.65. The molecule has 1 amide bonds. The van der Waals surface area contributed by atoms with Crippen molar-refractivity contribution in [1.29, 1.82) is 0 Å². The van der Waals surface area contributed by atoms with E-state index in [1.807, 2.05) is 11.3 Å². The molecule has 5 nitrogen and oxygen atoms in total. The maximum absolute atomic E-state index is 12.2. The zero-order chi connectivity index (χ0) is 16.1. The van der Waals surface area contributed by atoms with Crippen molar-refractivity contribution in [3.63, 3.8) is 0 Å². The van der Waals surface area contributed by atoms with Crippen molar-refractivity contribution in [2.45, 2.75) is 44.4 Å². The van der Waals surface area contributed by atoms with Crippen LogP contribution in [0, 0.1) is 5.92 Å². The first-order valence-electron chi connectivity index (χ1n) is 8.62. The van der Waals surface area contributed by atoms with Crippen LogP contribution in [0.25, 0.3) is 0 Å². The van der Waals surface area contributed by atoms with Crippen LogP contribution in [0.5, 0.6) is 0 Å². The van der Waals surface area contributed by atoms with Crippen LogP contribution in [-0.2, 0) is 16.1 Å². The van der Waals surface area contributed by atoms with Gasteiger partial charge in [-0.3, -0.25) is 9.69 Å². The first kappa shape index (κ1) is 16.9. The largest absolute Gasteiger partial charge is 0.364 e. The van der Waals surface area contributed by atoms with Crippen LogP contribution in [0.15, 0.2) is 17.5 Å². The number of likely N-dealkylation sites (tertiary alicyclic amines) is 1. The predicted octanol–water partition coefficient (Wildman–Crippen LogP) is 1.58. The minimum absolute atomic E-state index is 0.0383. The number of hydrogen-bond acceptors (Lipinski definition) is 5. The molecule has 1 unspecified atom stereocenters. The highest BCUT2D eigenvalue weighted by Gasteiger charge is 2.30. The molecular weight excluding hydrogens is 310 g/mol. The number of carbonyl (C=O) groups excluding carboxylic acids is 1. The highest BCUT2D eigenvalue weighted by atomic mass is 32.1. The van der Waals surface area contributed by atoms with E-state index in [4.69, 9.17) is 10.5 Å². The number of carbonyl (C=O) groups is 1. The molecule has 1 aromatic heterocycles. The second kappa shape index (κ2) is 8.24. The van der Waals surface area contributed by atoms with Gasteiger partial charge in [0.2, 0.25) is 5.91 Å². The Labute approximate surface area is 142 Å². The fraction of sp³-hybridized carbons (Fsp3) is 0.706. The summed E-state index contributed by atoms with van der Waals surface area (Å²) in [4.78, 5) is 16.1. The molecule has 2 aliphatic rings. The summed E-state index contributed by atoms with van der Waals surface area (Å²) in [6.07, 6.45) is 3.85. The molecule has 3 N–H and O–H groups in total. The molecule has 3 heterocycles. The predicted molar refractivity (Wildman–Crippen MR) is 92.3 cm³/mol. The number of thiophene rings is 1. The van der Waals surface area contributed by atoms with Crippen molar-refractivity contribution in [1.82, 2.24) is 10.2 Å². The van der Waals surface area contributed by atoms with E-state index in [0.717, 1.165) is 39.0 Å². The number of amides is 1. The Balaban J connectivity index is 1.40. The van der Waals surface area contributed by atoms with Gasteiger partial charge in [0.25, 0.3) is 0 Å². The van der Waals surface area contributed by atoms with Gasteiger partial charge in [0.15, 0.2) is 0 Å². The van der Waals surface area contributed by atoms with Gasteiger partial charge in [0, 0.05) is 31.1 Å². The molecule has 128 valence electrons. The van der Waals surface area contributed by atoms with Crippen LogP contribution in [0.3, 0.4) is 0 Å². The highest BCUT2D eigenvalue weighted by molar-refractivity contribution is 7.09. The van der Waals surface area contributed by atoms with E-state index < -0.39 is 0 Å². The Morgan fingerprint density at radius 3 is 3.09 bits per heavy atom. The monoisotopic (exact) mass is 337 g/mol. The van der Waals surface area contributed by atoms with E-state index >= 15 is 0 Å². The van der Waals surface area contributed by atoms with Crippen LogP contribution in [0.4, 0.5) is 0 Å². The quantitative estimate of drug-likeness (QED) is 0.827. The van der Waals surface area contributed by atoms with Gasteiger partial charge in [-0.15, -0.1) is 11.3 Å². The van der Waals surface area contributed by atoms with Crippen molar-refractivity contribution in [3.05, 3.63) is 22.4 Å². The van der Waals surface area contributed by atoms with E-state index in [9.17, 15) is 4.79 Å². The number of rotatable bonds is 6. The highest BCUT2D eigenvalue weighted by Crippen LogP contribution is 2.21.